The standard InChI is InChI=1S/C24H30F3N5O4/c1-15-22(16(2)36-30-15)31-10-7-19(8-11-31)32-9-6-18(14-32)29-21(33)13-28-23(34)17-4-3-5-20(12-17)35-24(25,26)27/h3-5,12,18-19H,6-11,13-14H2,1-2H3,(H,28,34)(H,29,33)/t18-/m1/s1. The van der Waals surface area contributed by atoms with Gasteiger partial charge >= 0.3 is 6.36 Å². The third kappa shape index (κ3) is 6.48. The van der Waals surface area contributed by atoms with E-state index in [0.717, 1.165) is 74.7 Å². The van der Waals surface area contributed by atoms with Gasteiger partial charge < -0.3 is 24.8 Å². The summed E-state index contributed by atoms with van der Waals surface area (Å²) in [7, 11) is 0. The molecule has 3 heterocycles. The van der Waals surface area contributed by atoms with Crippen molar-refractivity contribution >= 4 is 17.5 Å². The van der Waals surface area contributed by atoms with Gasteiger partial charge in [-0.25, -0.2) is 0 Å². The number of benzene rings is 1. The molecule has 2 amide bonds. The molecule has 0 saturated carbocycles. The van der Waals surface area contributed by atoms with E-state index in [2.05, 4.69) is 30.3 Å². The van der Waals surface area contributed by atoms with Crippen LogP contribution in [-0.2, 0) is 4.79 Å². The summed E-state index contributed by atoms with van der Waals surface area (Å²) in [6.07, 6.45) is -2.01. The lowest BCUT2D eigenvalue weighted by atomic mass is 10.0. The Balaban J connectivity index is 1.19. The van der Waals surface area contributed by atoms with Crippen molar-refractivity contribution < 1.29 is 32.0 Å². The second-order valence-electron chi connectivity index (χ2n) is 9.20. The van der Waals surface area contributed by atoms with Crippen molar-refractivity contribution in [3.8, 4) is 5.75 Å². The zero-order valence-electron chi connectivity index (χ0n) is 20.2. The molecule has 0 radical (unpaired) electrons. The average molecular weight is 510 g/mol. The predicted molar refractivity (Wildman–Crippen MR) is 125 cm³/mol. The van der Waals surface area contributed by atoms with E-state index in [9.17, 15) is 22.8 Å². The van der Waals surface area contributed by atoms with Crippen LogP contribution in [0.2, 0.25) is 0 Å². The molecule has 2 fully saturated rings. The minimum Gasteiger partial charge on any atom is -0.406 e. The van der Waals surface area contributed by atoms with Crippen LogP contribution in [0.3, 0.4) is 0 Å². The molecule has 12 heteroatoms. The maximum Gasteiger partial charge on any atom is 0.573 e. The summed E-state index contributed by atoms with van der Waals surface area (Å²) in [5.74, 6) is -0.658. The second kappa shape index (κ2) is 10.8. The molecule has 2 saturated heterocycles. The minimum atomic E-state index is -4.85. The summed E-state index contributed by atoms with van der Waals surface area (Å²) in [6, 6.07) is 5.13. The van der Waals surface area contributed by atoms with Gasteiger partial charge in [0.1, 0.15) is 17.1 Å². The number of piperidine rings is 1. The number of likely N-dealkylation sites (tertiary alicyclic amines) is 1. The molecule has 0 bridgehead atoms. The first kappa shape index (κ1) is 25.8. The lowest BCUT2D eigenvalue weighted by Crippen LogP contribution is -2.47. The van der Waals surface area contributed by atoms with Crippen LogP contribution in [0.1, 0.15) is 41.1 Å². The lowest BCUT2D eigenvalue weighted by Gasteiger charge is -2.37. The number of nitrogens with zero attached hydrogens (tertiary/aromatic N) is 3. The Hall–Kier alpha value is -3.28. The topological polar surface area (TPSA) is 99.9 Å². The third-order valence-corrected chi connectivity index (χ3v) is 6.62. The van der Waals surface area contributed by atoms with Gasteiger partial charge in [-0.05, 0) is 51.3 Å². The number of carbonyl (C=O) groups excluding carboxylic acids is 2. The number of hydrogen-bond acceptors (Lipinski definition) is 7. The van der Waals surface area contributed by atoms with Gasteiger partial charge in [0.15, 0.2) is 5.76 Å². The number of hydrogen-bond donors (Lipinski definition) is 2. The molecule has 2 N–H and O–H groups in total. The number of aromatic nitrogens is 1. The zero-order chi connectivity index (χ0) is 25.9. The molecule has 1 aromatic carbocycles. The summed E-state index contributed by atoms with van der Waals surface area (Å²) in [5.41, 5.74) is 1.96. The fourth-order valence-corrected chi connectivity index (χ4v) is 5.00. The van der Waals surface area contributed by atoms with Crippen LogP contribution in [0.4, 0.5) is 18.9 Å². The molecule has 4 rings (SSSR count). The molecule has 2 aromatic rings. The lowest BCUT2D eigenvalue weighted by molar-refractivity contribution is -0.274. The highest BCUT2D eigenvalue weighted by Gasteiger charge is 2.33. The Morgan fingerprint density at radius 1 is 1.17 bits per heavy atom. The zero-order valence-corrected chi connectivity index (χ0v) is 20.2. The second-order valence-corrected chi connectivity index (χ2v) is 9.20. The van der Waals surface area contributed by atoms with E-state index >= 15 is 0 Å². The molecule has 2 aliphatic rings. The summed E-state index contributed by atoms with van der Waals surface area (Å²) >= 11 is 0. The van der Waals surface area contributed by atoms with Gasteiger partial charge in [0, 0.05) is 43.8 Å². The molecule has 0 unspecified atom stereocenters. The number of anilines is 1. The Bertz CT molecular complexity index is 1060. The van der Waals surface area contributed by atoms with E-state index < -0.39 is 18.0 Å². The summed E-state index contributed by atoms with van der Waals surface area (Å²) < 4.78 is 46.3. The maximum atomic E-state index is 12.4. The molecular formula is C24H30F3N5O4. The van der Waals surface area contributed by atoms with E-state index in [1.807, 2.05) is 13.8 Å². The van der Waals surface area contributed by atoms with Crippen LogP contribution < -0.4 is 20.3 Å². The van der Waals surface area contributed by atoms with Gasteiger partial charge in [-0.2, -0.15) is 0 Å². The number of aryl methyl sites for hydroxylation is 2. The van der Waals surface area contributed by atoms with Crippen molar-refractivity contribution in [3.63, 3.8) is 0 Å². The van der Waals surface area contributed by atoms with E-state index in [0.29, 0.717) is 6.04 Å². The van der Waals surface area contributed by atoms with E-state index in [1.54, 1.807) is 0 Å². The summed E-state index contributed by atoms with van der Waals surface area (Å²) in [6.45, 7) is 7.08. The molecule has 0 spiro atoms. The fraction of sp³-hybridized carbons (Fsp3) is 0.542. The summed E-state index contributed by atoms with van der Waals surface area (Å²) in [5, 5.41) is 9.43. The molecular weight excluding hydrogens is 479 g/mol. The average Bonchev–Trinajstić information content (AvgIpc) is 3.42. The van der Waals surface area contributed by atoms with Crippen LogP contribution in [-0.4, -0.2) is 73.0 Å². The molecule has 9 nitrogen and oxygen atoms in total. The van der Waals surface area contributed by atoms with Crippen LogP contribution in [0.5, 0.6) is 5.75 Å². The van der Waals surface area contributed by atoms with Crippen LogP contribution >= 0.6 is 0 Å². The quantitative estimate of drug-likeness (QED) is 0.592. The fourth-order valence-electron chi connectivity index (χ4n) is 5.00. The smallest absolute Gasteiger partial charge is 0.406 e. The number of ether oxygens (including phenoxy) is 1. The number of rotatable bonds is 7. The predicted octanol–water partition coefficient (Wildman–Crippen LogP) is 2.78. The molecule has 196 valence electrons. The van der Waals surface area contributed by atoms with Gasteiger partial charge in [0.25, 0.3) is 5.91 Å². The minimum absolute atomic E-state index is 0.0153. The van der Waals surface area contributed by atoms with Crippen molar-refractivity contribution in [2.24, 2.45) is 0 Å². The highest BCUT2D eigenvalue weighted by Crippen LogP contribution is 2.29. The first-order chi connectivity index (χ1) is 17.1. The molecule has 1 aromatic heterocycles. The third-order valence-electron chi connectivity index (χ3n) is 6.62. The monoisotopic (exact) mass is 509 g/mol. The number of amides is 2. The van der Waals surface area contributed by atoms with Crippen LogP contribution in [0, 0.1) is 13.8 Å². The Labute approximate surface area is 206 Å². The van der Waals surface area contributed by atoms with Crippen LogP contribution in [0.15, 0.2) is 28.8 Å². The Kier molecular flexibility index (Phi) is 7.72. The van der Waals surface area contributed by atoms with Crippen molar-refractivity contribution in [2.75, 3.05) is 37.6 Å². The van der Waals surface area contributed by atoms with Crippen molar-refractivity contribution in [2.45, 2.75) is 51.6 Å². The molecule has 1 atom stereocenters. The first-order valence-corrected chi connectivity index (χ1v) is 11.9. The van der Waals surface area contributed by atoms with Crippen molar-refractivity contribution in [1.82, 2.24) is 20.7 Å². The normalized spacial score (nSPS) is 19.4. The number of carbonyl (C=O) groups is 2. The van der Waals surface area contributed by atoms with Crippen LogP contribution in [0.25, 0.3) is 0 Å². The molecule has 0 aliphatic carbocycles. The van der Waals surface area contributed by atoms with Crippen molar-refractivity contribution in [3.05, 3.63) is 41.3 Å². The summed E-state index contributed by atoms with van der Waals surface area (Å²) in [4.78, 5) is 29.4. The van der Waals surface area contributed by atoms with Gasteiger partial charge in [-0.3, -0.25) is 14.5 Å². The highest BCUT2D eigenvalue weighted by molar-refractivity contribution is 5.96. The first-order valence-electron chi connectivity index (χ1n) is 11.9. The SMILES string of the molecule is Cc1noc(C)c1N1CCC(N2CC[C@@H](NC(=O)CNC(=O)c3cccc(OC(F)(F)F)c3)C2)CC1. The molecule has 36 heavy (non-hydrogen) atoms. The number of halogens is 3. The molecule has 2 aliphatic heterocycles. The van der Waals surface area contributed by atoms with Crippen molar-refractivity contribution in [1.29, 1.82) is 0 Å². The van der Waals surface area contributed by atoms with E-state index in [1.165, 1.54) is 12.1 Å². The van der Waals surface area contributed by atoms with Gasteiger partial charge in [-0.15, -0.1) is 13.2 Å². The van der Waals surface area contributed by atoms with Gasteiger partial charge in [0.05, 0.1) is 6.54 Å². The van der Waals surface area contributed by atoms with Gasteiger partial charge in [0.2, 0.25) is 5.91 Å². The van der Waals surface area contributed by atoms with E-state index in [-0.39, 0.29) is 24.1 Å². The largest absolute Gasteiger partial charge is 0.573 e. The Morgan fingerprint density at radius 3 is 2.58 bits per heavy atom. The maximum absolute atomic E-state index is 12.4. The number of nitrogens with one attached hydrogen (secondary N) is 2. The highest BCUT2D eigenvalue weighted by atomic mass is 19.4. The van der Waals surface area contributed by atoms with E-state index in [4.69, 9.17) is 4.52 Å². The Morgan fingerprint density at radius 2 is 1.92 bits per heavy atom. The van der Waals surface area contributed by atoms with Gasteiger partial charge in [-0.1, -0.05) is 11.2 Å². The number of alkyl halides is 3.